The molecule has 2 aromatic carbocycles. The third-order valence-corrected chi connectivity index (χ3v) is 2.96. The van der Waals surface area contributed by atoms with E-state index in [-0.39, 0.29) is 17.8 Å². The third kappa shape index (κ3) is 4.73. The van der Waals surface area contributed by atoms with Crippen LogP contribution in [0.1, 0.15) is 10.4 Å². The van der Waals surface area contributed by atoms with Gasteiger partial charge in [0.05, 0.1) is 12.8 Å². The van der Waals surface area contributed by atoms with E-state index in [0.29, 0.717) is 22.7 Å². The van der Waals surface area contributed by atoms with Crippen molar-refractivity contribution in [1.29, 1.82) is 0 Å². The first-order valence-electron chi connectivity index (χ1n) is 6.97. The zero-order chi connectivity index (χ0) is 17.5. The average Bonchev–Trinajstić information content (AvgIpc) is 2.55. The van der Waals surface area contributed by atoms with Gasteiger partial charge in [-0.2, -0.15) is 4.99 Å². The molecule has 0 fully saturated rings. The fourth-order valence-electron chi connectivity index (χ4n) is 1.85. The molecule has 0 spiro atoms. The Hall–Kier alpha value is -3.55. The Morgan fingerprint density at radius 3 is 2.17 bits per heavy atom. The molecule has 24 heavy (non-hydrogen) atoms. The number of methoxy groups -OCH3 is 1. The smallest absolute Gasteiger partial charge is 0.255 e. The lowest BCUT2D eigenvalue weighted by atomic mass is 10.2. The fourth-order valence-corrected chi connectivity index (χ4v) is 1.85. The van der Waals surface area contributed by atoms with Crippen LogP contribution in [0.3, 0.4) is 0 Å². The lowest BCUT2D eigenvalue weighted by Gasteiger charge is -2.06. The molecule has 0 heterocycles. The number of nitrogens with one attached hydrogen (secondary N) is 1. The van der Waals surface area contributed by atoms with Crippen LogP contribution in [-0.2, 0) is 0 Å². The summed E-state index contributed by atoms with van der Waals surface area (Å²) in [5.41, 5.74) is 17.6. The molecule has 0 radical (unpaired) electrons. The number of rotatable bonds is 4. The maximum Gasteiger partial charge on any atom is 0.255 e. The highest BCUT2D eigenvalue weighted by atomic mass is 16.5. The Bertz CT molecular complexity index is 762. The number of hydrogen-bond donors (Lipinski definition) is 4. The van der Waals surface area contributed by atoms with E-state index in [1.165, 1.54) is 0 Å². The number of nitrogens with two attached hydrogens (primary N) is 3. The summed E-state index contributed by atoms with van der Waals surface area (Å²) in [6.07, 6.45) is 0. The highest BCUT2D eigenvalue weighted by Gasteiger charge is 2.06. The van der Waals surface area contributed by atoms with Crippen molar-refractivity contribution in [3.05, 3.63) is 54.1 Å². The molecule has 1 amide bonds. The van der Waals surface area contributed by atoms with Crippen molar-refractivity contribution < 1.29 is 9.53 Å². The lowest BCUT2D eigenvalue weighted by molar-refractivity contribution is 0.102. The molecule has 0 aliphatic rings. The van der Waals surface area contributed by atoms with Crippen LogP contribution in [-0.4, -0.2) is 24.9 Å². The number of ether oxygens (including phenoxy) is 1. The Morgan fingerprint density at radius 1 is 1.00 bits per heavy atom. The molecule has 0 aliphatic carbocycles. The topological polar surface area (TPSA) is 141 Å². The highest BCUT2D eigenvalue weighted by molar-refractivity contribution is 6.04. The van der Waals surface area contributed by atoms with Gasteiger partial charge in [-0.1, -0.05) is 0 Å². The Labute approximate surface area is 139 Å². The number of nitrogens with zero attached hydrogens (tertiary/aromatic N) is 2. The van der Waals surface area contributed by atoms with Gasteiger partial charge in [-0.05, 0) is 48.5 Å². The van der Waals surface area contributed by atoms with Crippen LogP contribution in [0.2, 0.25) is 0 Å². The van der Waals surface area contributed by atoms with Crippen molar-refractivity contribution in [2.24, 2.45) is 27.2 Å². The second-order valence-electron chi connectivity index (χ2n) is 4.74. The average molecular weight is 326 g/mol. The molecule has 7 N–H and O–H groups in total. The van der Waals surface area contributed by atoms with Crippen LogP contribution < -0.4 is 27.3 Å². The summed E-state index contributed by atoms with van der Waals surface area (Å²) < 4.78 is 5.07. The van der Waals surface area contributed by atoms with Crippen LogP contribution in [0.15, 0.2) is 58.5 Å². The van der Waals surface area contributed by atoms with Crippen LogP contribution in [0, 0.1) is 0 Å². The molecule has 0 atom stereocenters. The number of anilines is 1. The minimum absolute atomic E-state index is 0.0644. The first-order chi connectivity index (χ1) is 11.5. The van der Waals surface area contributed by atoms with Crippen molar-refractivity contribution in [2.75, 3.05) is 12.4 Å². The lowest BCUT2D eigenvalue weighted by Crippen LogP contribution is -2.26. The van der Waals surface area contributed by atoms with Crippen LogP contribution in [0.25, 0.3) is 0 Å². The molecular weight excluding hydrogens is 308 g/mol. The Morgan fingerprint density at radius 2 is 1.62 bits per heavy atom. The molecule has 8 nitrogen and oxygen atoms in total. The molecule has 2 rings (SSSR count). The normalized spacial score (nSPS) is 10.8. The molecule has 124 valence electrons. The summed E-state index contributed by atoms with van der Waals surface area (Å²) in [6.45, 7) is 0. The van der Waals surface area contributed by atoms with Crippen molar-refractivity contribution >= 4 is 29.2 Å². The van der Waals surface area contributed by atoms with E-state index in [4.69, 9.17) is 21.9 Å². The number of aliphatic imine (C=N–C) groups is 2. The number of hydrogen-bond acceptors (Lipinski definition) is 3. The monoisotopic (exact) mass is 326 g/mol. The zero-order valence-electron chi connectivity index (χ0n) is 13.1. The number of amides is 1. The van der Waals surface area contributed by atoms with Gasteiger partial charge in [0.25, 0.3) is 5.91 Å². The highest BCUT2D eigenvalue weighted by Crippen LogP contribution is 2.17. The van der Waals surface area contributed by atoms with Gasteiger partial charge in [0, 0.05) is 11.3 Å². The van der Waals surface area contributed by atoms with Crippen LogP contribution in [0.5, 0.6) is 5.75 Å². The van der Waals surface area contributed by atoms with E-state index in [0.717, 1.165) is 0 Å². The summed E-state index contributed by atoms with van der Waals surface area (Å²) in [4.78, 5) is 19.8. The number of carbonyl (C=O) groups is 1. The van der Waals surface area contributed by atoms with Gasteiger partial charge < -0.3 is 27.3 Å². The predicted octanol–water partition coefficient (Wildman–Crippen LogP) is 1.17. The molecule has 8 heteroatoms. The fraction of sp³-hybridized carbons (Fsp3) is 0.0625. The van der Waals surface area contributed by atoms with Gasteiger partial charge in [0.15, 0.2) is 5.96 Å². The maximum atomic E-state index is 12.2. The van der Waals surface area contributed by atoms with E-state index < -0.39 is 0 Å². The van der Waals surface area contributed by atoms with Crippen LogP contribution in [0.4, 0.5) is 11.4 Å². The SMILES string of the molecule is COc1ccc(NC(=O)c2ccc(N=C(N)N=C(N)N)cc2)cc1. The second-order valence-corrected chi connectivity index (χ2v) is 4.74. The number of carbonyl (C=O) groups excluding carboxylic acids is 1. The second kappa shape index (κ2) is 7.63. The third-order valence-electron chi connectivity index (χ3n) is 2.96. The van der Waals surface area contributed by atoms with E-state index in [9.17, 15) is 4.79 Å². The summed E-state index contributed by atoms with van der Waals surface area (Å²) in [6, 6.07) is 13.6. The van der Waals surface area contributed by atoms with Gasteiger partial charge in [-0.15, -0.1) is 0 Å². The predicted molar refractivity (Wildman–Crippen MR) is 94.5 cm³/mol. The quantitative estimate of drug-likeness (QED) is 0.493. The van der Waals surface area contributed by atoms with E-state index in [1.807, 2.05) is 0 Å². The van der Waals surface area contributed by atoms with E-state index >= 15 is 0 Å². The summed E-state index contributed by atoms with van der Waals surface area (Å²) in [5.74, 6) is 0.235. The molecule has 0 saturated heterocycles. The molecule has 2 aromatic rings. The van der Waals surface area contributed by atoms with Crippen LogP contribution >= 0.6 is 0 Å². The summed E-state index contributed by atoms with van der Waals surface area (Å²) in [5, 5.41) is 2.79. The van der Waals surface area contributed by atoms with Gasteiger partial charge in [0.1, 0.15) is 5.75 Å². The number of benzene rings is 2. The minimum atomic E-state index is -0.243. The summed E-state index contributed by atoms with van der Waals surface area (Å²) in [7, 11) is 1.58. The zero-order valence-corrected chi connectivity index (χ0v) is 13.1. The van der Waals surface area contributed by atoms with Gasteiger partial charge in [-0.3, -0.25) is 4.79 Å². The molecule has 0 bridgehead atoms. The van der Waals surface area contributed by atoms with Crippen molar-refractivity contribution in [3.63, 3.8) is 0 Å². The molecule has 0 saturated carbocycles. The Kier molecular flexibility index (Phi) is 5.35. The first-order valence-corrected chi connectivity index (χ1v) is 6.97. The van der Waals surface area contributed by atoms with Crippen molar-refractivity contribution in [2.45, 2.75) is 0 Å². The molecular formula is C16H18N6O2. The summed E-state index contributed by atoms with van der Waals surface area (Å²) >= 11 is 0. The van der Waals surface area contributed by atoms with Crippen molar-refractivity contribution in [1.82, 2.24) is 0 Å². The minimum Gasteiger partial charge on any atom is -0.497 e. The molecule has 0 aliphatic heterocycles. The largest absolute Gasteiger partial charge is 0.497 e. The number of guanidine groups is 2. The van der Waals surface area contributed by atoms with Crippen molar-refractivity contribution in [3.8, 4) is 5.75 Å². The van der Waals surface area contributed by atoms with Gasteiger partial charge in [-0.25, -0.2) is 4.99 Å². The van der Waals surface area contributed by atoms with E-state index in [1.54, 1.807) is 55.6 Å². The van der Waals surface area contributed by atoms with Gasteiger partial charge >= 0.3 is 0 Å². The maximum absolute atomic E-state index is 12.2. The van der Waals surface area contributed by atoms with Gasteiger partial charge in [0.2, 0.25) is 5.96 Å². The first kappa shape index (κ1) is 16.8. The Balaban J connectivity index is 2.06. The van der Waals surface area contributed by atoms with E-state index in [2.05, 4.69) is 15.3 Å². The standard InChI is InChI=1S/C16H18N6O2/c1-24-13-8-6-11(7-9-13)20-14(23)10-2-4-12(5-3-10)21-16(19)22-15(17)18/h2-9H,1H3,(H,20,23)(H6,17,18,19,21,22). The molecule has 0 aromatic heterocycles. The molecule has 0 unspecified atom stereocenters.